The molecule has 0 saturated carbocycles. The average Bonchev–Trinajstić information content (AvgIpc) is 3.12. The van der Waals surface area contributed by atoms with E-state index in [9.17, 15) is 26.4 Å². The highest BCUT2D eigenvalue weighted by atomic mass is 35.5. The van der Waals surface area contributed by atoms with Crippen molar-refractivity contribution in [3.63, 3.8) is 0 Å². The second-order valence-electron chi connectivity index (χ2n) is 8.41. The monoisotopic (exact) mass is 604 g/mol. The normalized spacial score (nSPS) is 13.4. The standard InChI is InChI=1S/C25H22ClF5N4O4S/c1-6-10-32-23(17-8-7-9-19(22(17)28)35-16(5)14(3)15(4)33-35)18(27)12-34-13(2)11-20(21(26)24(34)36)39-40(37,38)25(29,30)31/h6-12H,1-5H3/b10-6+,18-12-,32-23+. The molecule has 2 heterocycles. The number of aromatic nitrogens is 3. The van der Waals surface area contributed by atoms with E-state index in [1.165, 1.54) is 35.2 Å². The third kappa shape index (κ3) is 5.87. The van der Waals surface area contributed by atoms with E-state index in [0.717, 1.165) is 12.5 Å². The summed E-state index contributed by atoms with van der Waals surface area (Å²) in [6.45, 7) is 8.04. The number of halogens is 6. The molecule has 3 rings (SSSR count). The third-order valence-electron chi connectivity index (χ3n) is 5.76. The van der Waals surface area contributed by atoms with E-state index in [1.54, 1.807) is 20.8 Å². The van der Waals surface area contributed by atoms with Gasteiger partial charge in [-0.2, -0.15) is 26.7 Å². The SMILES string of the molecule is C/C=C/N=C(/C(F)=C/n1c(C)cc(OS(=O)(=O)C(F)(F)F)c(Cl)c1=O)c1cccc(-n2nc(C)c(C)c2C)c1F. The van der Waals surface area contributed by atoms with Crippen molar-refractivity contribution in [3.8, 4) is 11.4 Å². The van der Waals surface area contributed by atoms with E-state index in [1.807, 2.05) is 6.92 Å². The van der Waals surface area contributed by atoms with Gasteiger partial charge in [-0.05, 0) is 52.3 Å². The van der Waals surface area contributed by atoms with Gasteiger partial charge in [-0.25, -0.2) is 13.5 Å². The van der Waals surface area contributed by atoms with Gasteiger partial charge in [0.1, 0.15) is 16.4 Å². The molecule has 8 nitrogen and oxygen atoms in total. The zero-order valence-corrected chi connectivity index (χ0v) is 23.2. The fourth-order valence-corrected chi connectivity index (χ4v) is 4.18. The molecule has 0 radical (unpaired) electrons. The van der Waals surface area contributed by atoms with Crippen LogP contribution in [-0.4, -0.2) is 34.0 Å². The maximum Gasteiger partial charge on any atom is 0.534 e. The smallest absolute Gasteiger partial charge is 0.374 e. The number of nitrogens with zero attached hydrogens (tertiary/aromatic N) is 4. The summed E-state index contributed by atoms with van der Waals surface area (Å²) < 4.78 is 98.2. The lowest BCUT2D eigenvalue weighted by Crippen LogP contribution is -2.29. The van der Waals surface area contributed by atoms with Crippen LogP contribution in [0.3, 0.4) is 0 Å². The van der Waals surface area contributed by atoms with Gasteiger partial charge in [0.05, 0.1) is 11.9 Å². The van der Waals surface area contributed by atoms with Crippen LogP contribution in [0.1, 0.15) is 35.1 Å². The molecule has 214 valence electrons. The summed E-state index contributed by atoms with van der Waals surface area (Å²) in [5.74, 6) is -3.20. The molecule has 0 aliphatic heterocycles. The zero-order valence-electron chi connectivity index (χ0n) is 21.6. The first-order valence-electron chi connectivity index (χ1n) is 11.3. The number of hydrogen-bond acceptors (Lipinski definition) is 6. The molecule has 0 saturated heterocycles. The van der Waals surface area contributed by atoms with E-state index < -0.39 is 49.3 Å². The van der Waals surface area contributed by atoms with Gasteiger partial charge < -0.3 is 4.18 Å². The molecule has 0 bridgehead atoms. The maximum atomic E-state index is 15.8. The van der Waals surface area contributed by atoms with Crippen molar-refractivity contribution >= 4 is 33.6 Å². The van der Waals surface area contributed by atoms with E-state index in [0.29, 0.717) is 28.2 Å². The Morgan fingerprint density at radius 1 is 1.18 bits per heavy atom. The number of aliphatic imine (C=N–C) groups is 1. The van der Waals surface area contributed by atoms with Gasteiger partial charge in [0.25, 0.3) is 5.56 Å². The van der Waals surface area contributed by atoms with E-state index in [2.05, 4.69) is 14.3 Å². The lowest BCUT2D eigenvalue weighted by Gasteiger charge is -2.14. The molecule has 0 N–H and O–H groups in total. The Morgan fingerprint density at radius 2 is 1.82 bits per heavy atom. The highest BCUT2D eigenvalue weighted by molar-refractivity contribution is 7.88. The molecule has 0 atom stereocenters. The summed E-state index contributed by atoms with van der Waals surface area (Å²) in [5, 5.41) is 3.26. The number of hydrogen-bond donors (Lipinski definition) is 0. The number of aryl methyl sites for hydroxylation is 2. The molecule has 0 unspecified atom stereocenters. The summed E-state index contributed by atoms with van der Waals surface area (Å²) in [6, 6.07) is 4.86. The lowest BCUT2D eigenvalue weighted by atomic mass is 10.1. The Kier molecular flexibility index (Phi) is 8.74. The molecule has 0 spiro atoms. The number of benzene rings is 1. The van der Waals surface area contributed by atoms with Crippen molar-refractivity contribution in [1.29, 1.82) is 0 Å². The van der Waals surface area contributed by atoms with Crippen LogP contribution in [0.25, 0.3) is 11.9 Å². The Bertz CT molecular complexity index is 1740. The van der Waals surface area contributed by atoms with Crippen LogP contribution in [0.5, 0.6) is 5.75 Å². The minimum absolute atomic E-state index is 0.0101. The predicted octanol–water partition coefficient (Wildman–Crippen LogP) is 6.08. The summed E-state index contributed by atoms with van der Waals surface area (Å²) in [5.41, 5.74) is -6.00. The second kappa shape index (κ2) is 11.4. The fourth-order valence-electron chi connectivity index (χ4n) is 3.49. The molecular formula is C25H22ClF5N4O4S. The molecule has 3 aromatic rings. The van der Waals surface area contributed by atoms with E-state index in [4.69, 9.17) is 11.6 Å². The van der Waals surface area contributed by atoms with Crippen LogP contribution >= 0.6 is 11.6 Å². The fraction of sp³-hybridized carbons (Fsp3) is 0.240. The molecule has 15 heteroatoms. The van der Waals surface area contributed by atoms with Crippen LogP contribution in [0.2, 0.25) is 5.02 Å². The molecular weight excluding hydrogens is 583 g/mol. The van der Waals surface area contributed by atoms with Crippen molar-refractivity contribution in [2.75, 3.05) is 0 Å². The number of rotatable bonds is 7. The van der Waals surface area contributed by atoms with Crippen LogP contribution in [0, 0.1) is 33.5 Å². The van der Waals surface area contributed by atoms with Crippen LogP contribution < -0.4 is 9.74 Å². The van der Waals surface area contributed by atoms with E-state index in [-0.39, 0.29) is 16.9 Å². The Hall–Kier alpha value is -3.78. The molecule has 0 aliphatic rings. The minimum Gasteiger partial charge on any atom is -0.374 e. The van der Waals surface area contributed by atoms with Crippen LogP contribution in [0.15, 0.2) is 52.2 Å². The van der Waals surface area contributed by atoms with Crippen molar-refractivity contribution < 1.29 is 34.6 Å². The number of allylic oxidation sites excluding steroid dienone is 2. The highest BCUT2D eigenvalue weighted by Gasteiger charge is 2.49. The predicted molar refractivity (Wildman–Crippen MR) is 141 cm³/mol. The van der Waals surface area contributed by atoms with Gasteiger partial charge in [0.15, 0.2) is 17.4 Å². The first kappa shape index (κ1) is 30.8. The Labute approximate surface area is 230 Å². The van der Waals surface area contributed by atoms with Crippen molar-refractivity contribution in [2.45, 2.75) is 40.1 Å². The van der Waals surface area contributed by atoms with Crippen molar-refractivity contribution in [1.82, 2.24) is 14.3 Å². The largest absolute Gasteiger partial charge is 0.534 e. The number of alkyl halides is 3. The highest BCUT2D eigenvalue weighted by Crippen LogP contribution is 2.31. The van der Waals surface area contributed by atoms with Crippen LogP contribution in [0.4, 0.5) is 22.0 Å². The quantitative estimate of drug-likeness (QED) is 0.141. The zero-order chi connectivity index (χ0) is 30.2. The summed E-state index contributed by atoms with van der Waals surface area (Å²) in [7, 11) is -6.14. The molecule has 0 amide bonds. The molecule has 1 aromatic carbocycles. The first-order chi connectivity index (χ1) is 18.5. The third-order valence-corrected chi connectivity index (χ3v) is 7.08. The molecule has 0 aliphatic carbocycles. The lowest BCUT2D eigenvalue weighted by molar-refractivity contribution is -0.0500. The van der Waals surface area contributed by atoms with E-state index >= 15 is 8.78 Å². The van der Waals surface area contributed by atoms with Gasteiger partial charge in [0, 0.05) is 29.2 Å². The molecule has 0 fully saturated rings. The summed E-state index contributed by atoms with van der Waals surface area (Å²) in [6.07, 6.45) is 3.22. The van der Waals surface area contributed by atoms with Crippen LogP contribution in [-0.2, 0) is 10.1 Å². The summed E-state index contributed by atoms with van der Waals surface area (Å²) in [4.78, 5) is 16.7. The first-order valence-corrected chi connectivity index (χ1v) is 13.1. The maximum absolute atomic E-state index is 15.8. The van der Waals surface area contributed by atoms with Gasteiger partial charge in [-0.1, -0.05) is 23.7 Å². The average molecular weight is 605 g/mol. The Balaban J connectivity index is 2.16. The molecule has 2 aromatic heterocycles. The van der Waals surface area contributed by atoms with Gasteiger partial charge in [-0.15, -0.1) is 0 Å². The van der Waals surface area contributed by atoms with Gasteiger partial charge in [0.2, 0.25) is 0 Å². The Morgan fingerprint density at radius 3 is 2.38 bits per heavy atom. The van der Waals surface area contributed by atoms with Crippen molar-refractivity contribution in [3.05, 3.63) is 91.8 Å². The van der Waals surface area contributed by atoms with Crippen molar-refractivity contribution in [2.24, 2.45) is 4.99 Å². The summed E-state index contributed by atoms with van der Waals surface area (Å²) >= 11 is 5.78. The molecule has 40 heavy (non-hydrogen) atoms. The van der Waals surface area contributed by atoms with Gasteiger partial charge >= 0.3 is 15.6 Å². The minimum atomic E-state index is -6.14. The topological polar surface area (TPSA) is 95.5 Å². The number of pyridine rings is 1. The second-order valence-corrected chi connectivity index (χ2v) is 10.3. The van der Waals surface area contributed by atoms with Gasteiger partial charge in [-0.3, -0.25) is 14.4 Å².